The molecule has 2 aromatic heterocycles. The van der Waals surface area contributed by atoms with Gasteiger partial charge in [0.15, 0.2) is 0 Å². The highest BCUT2D eigenvalue weighted by Crippen LogP contribution is 2.11. The molecular weight excluding hydrogens is 262 g/mol. The first kappa shape index (κ1) is 14.1. The third-order valence-electron chi connectivity index (χ3n) is 2.60. The quantitative estimate of drug-likeness (QED) is 0.734. The van der Waals surface area contributed by atoms with Crippen molar-refractivity contribution in [2.45, 2.75) is 26.4 Å². The van der Waals surface area contributed by atoms with E-state index in [1.807, 2.05) is 10.9 Å². The first-order valence-electron chi connectivity index (χ1n) is 6.33. The van der Waals surface area contributed by atoms with Gasteiger partial charge in [-0.25, -0.2) is 9.67 Å². The minimum Gasteiger partial charge on any atom is -0.383 e. The van der Waals surface area contributed by atoms with Crippen molar-refractivity contribution >= 4 is 11.3 Å². The van der Waals surface area contributed by atoms with Crippen LogP contribution >= 0.6 is 11.3 Å². The summed E-state index contributed by atoms with van der Waals surface area (Å²) in [4.78, 5) is 4.52. The summed E-state index contributed by atoms with van der Waals surface area (Å²) in [5.41, 5.74) is 1.98. The molecule has 0 unspecified atom stereocenters. The highest BCUT2D eigenvalue weighted by atomic mass is 32.1. The Morgan fingerprint density at radius 2 is 2.32 bits per heavy atom. The molecule has 0 amide bonds. The summed E-state index contributed by atoms with van der Waals surface area (Å²) in [6.07, 6.45) is 2.93. The Morgan fingerprint density at radius 3 is 3.05 bits per heavy atom. The number of ether oxygens (including phenoxy) is 1. The van der Waals surface area contributed by atoms with Crippen LogP contribution in [0.2, 0.25) is 0 Å². The van der Waals surface area contributed by atoms with Crippen LogP contribution in [0.3, 0.4) is 0 Å². The summed E-state index contributed by atoms with van der Waals surface area (Å²) in [6, 6.07) is 0. The molecular formula is C12H19N5OS. The molecule has 0 saturated carbocycles. The molecule has 0 bridgehead atoms. The lowest BCUT2D eigenvalue weighted by atomic mass is 10.4. The fourth-order valence-electron chi connectivity index (χ4n) is 1.64. The molecule has 2 rings (SSSR count). The second-order valence-corrected chi connectivity index (χ2v) is 5.11. The minimum absolute atomic E-state index is 0.682. The Labute approximate surface area is 116 Å². The highest BCUT2D eigenvalue weighted by molar-refractivity contribution is 7.09. The first-order valence-corrected chi connectivity index (χ1v) is 7.21. The van der Waals surface area contributed by atoms with E-state index in [4.69, 9.17) is 4.74 Å². The van der Waals surface area contributed by atoms with Gasteiger partial charge in [0.2, 0.25) is 0 Å². The second-order valence-electron chi connectivity index (χ2n) is 4.16. The third-order valence-corrected chi connectivity index (χ3v) is 3.64. The number of aromatic nitrogens is 4. The van der Waals surface area contributed by atoms with Gasteiger partial charge in [0.1, 0.15) is 0 Å². The van der Waals surface area contributed by atoms with Gasteiger partial charge < -0.3 is 10.1 Å². The zero-order chi connectivity index (χ0) is 13.5. The normalized spacial score (nSPS) is 11.1. The summed E-state index contributed by atoms with van der Waals surface area (Å²) in [7, 11) is 1.69. The Hall–Kier alpha value is -1.31. The van der Waals surface area contributed by atoms with Crippen molar-refractivity contribution in [3.05, 3.63) is 28.0 Å². The number of nitrogens with zero attached hydrogens (tertiary/aromatic N) is 4. The van der Waals surface area contributed by atoms with Crippen molar-refractivity contribution in [3.8, 4) is 0 Å². The molecule has 0 aliphatic heterocycles. The average molecular weight is 281 g/mol. The van der Waals surface area contributed by atoms with Gasteiger partial charge in [-0.2, -0.15) is 0 Å². The molecule has 0 saturated heterocycles. The zero-order valence-corrected chi connectivity index (χ0v) is 12.1. The molecule has 2 aromatic rings. The summed E-state index contributed by atoms with van der Waals surface area (Å²) in [6.45, 7) is 5.02. The van der Waals surface area contributed by atoms with Crippen LogP contribution in [-0.2, 0) is 24.2 Å². The smallest absolute Gasteiger partial charge is 0.0965 e. The zero-order valence-electron chi connectivity index (χ0n) is 11.3. The van der Waals surface area contributed by atoms with E-state index in [9.17, 15) is 0 Å². The van der Waals surface area contributed by atoms with E-state index >= 15 is 0 Å². The fourth-order valence-corrected chi connectivity index (χ4v) is 2.37. The molecule has 6 nitrogen and oxygen atoms in total. The Bertz CT molecular complexity index is 496. The lowest BCUT2D eigenvalue weighted by Gasteiger charge is -1.99. The first-order chi connectivity index (χ1) is 9.31. The van der Waals surface area contributed by atoms with E-state index in [0.29, 0.717) is 19.7 Å². The van der Waals surface area contributed by atoms with Crippen LogP contribution in [0.4, 0.5) is 0 Å². The van der Waals surface area contributed by atoms with Crippen LogP contribution in [0.25, 0.3) is 0 Å². The Kier molecular flexibility index (Phi) is 5.44. The molecule has 19 heavy (non-hydrogen) atoms. The van der Waals surface area contributed by atoms with Crippen molar-refractivity contribution in [1.82, 2.24) is 25.3 Å². The van der Waals surface area contributed by atoms with Gasteiger partial charge >= 0.3 is 0 Å². The summed E-state index contributed by atoms with van der Waals surface area (Å²) >= 11 is 1.70. The summed E-state index contributed by atoms with van der Waals surface area (Å²) in [5.74, 6) is 0. The van der Waals surface area contributed by atoms with E-state index < -0.39 is 0 Å². The van der Waals surface area contributed by atoms with Crippen molar-refractivity contribution < 1.29 is 4.74 Å². The molecule has 104 valence electrons. The van der Waals surface area contributed by atoms with Gasteiger partial charge in [-0.1, -0.05) is 12.1 Å². The Balaban J connectivity index is 1.83. The van der Waals surface area contributed by atoms with Crippen LogP contribution in [0.1, 0.15) is 23.3 Å². The highest BCUT2D eigenvalue weighted by Gasteiger charge is 2.04. The largest absolute Gasteiger partial charge is 0.383 e. The topological polar surface area (TPSA) is 64.9 Å². The lowest BCUT2D eigenvalue weighted by molar-refractivity contribution is 0.199. The van der Waals surface area contributed by atoms with Gasteiger partial charge in [-0.3, -0.25) is 0 Å². The van der Waals surface area contributed by atoms with Gasteiger partial charge in [0.25, 0.3) is 0 Å². The predicted molar refractivity (Wildman–Crippen MR) is 74.2 cm³/mol. The number of thiazole rings is 1. The van der Waals surface area contributed by atoms with E-state index in [2.05, 4.69) is 32.9 Å². The molecule has 2 heterocycles. The van der Waals surface area contributed by atoms with E-state index in [1.54, 1.807) is 18.4 Å². The van der Waals surface area contributed by atoms with Crippen LogP contribution in [0.5, 0.6) is 0 Å². The van der Waals surface area contributed by atoms with E-state index in [0.717, 1.165) is 29.4 Å². The van der Waals surface area contributed by atoms with Gasteiger partial charge in [-0.05, 0) is 6.42 Å². The number of hydrogen-bond donors (Lipinski definition) is 1. The molecule has 0 aromatic carbocycles. The fraction of sp³-hybridized carbons (Fsp3) is 0.583. The molecule has 1 N–H and O–H groups in total. The summed E-state index contributed by atoms with van der Waals surface area (Å²) in [5, 5.41) is 14.7. The number of aryl methyl sites for hydroxylation is 1. The predicted octanol–water partition coefficient (Wildman–Crippen LogP) is 1.08. The van der Waals surface area contributed by atoms with Crippen molar-refractivity contribution in [2.24, 2.45) is 0 Å². The molecule has 0 fully saturated rings. The molecule has 0 aliphatic rings. The van der Waals surface area contributed by atoms with Gasteiger partial charge in [0, 0.05) is 25.6 Å². The molecule has 0 spiro atoms. The number of nitrogens with one attached hydrogen (secondary N) is 1. The maximum atomic E-state index is 4.97. The SMILES string of the molecule is CCc1nc(Cn2cc(CNCCOC)nn2)cs1. The molecule has 0 aliphatic carbocycles. The number of methoxy groups -OCH3 is 1. The van der Waals surface area contributed by atoms with Gasteiger partial charge in [-0.15, -0.1) is 16.4 Å². The average Bonchev–Trinajstić information content (AvgIpc) is 3.05. The number of rotatable bonds is 8. The van der Waals surface area contributed by atoms with Crippen molar-refractivity contribution in [2.75, 3.05) is 20.3 Å². The van der Waals surface area contributed by atoms with Crippen LogP contribution in [-0.4, -0.2) is 40.2 Å². The number of hydrogen-bond acceptors (Lipinski definition) is 6. The standard InChI is InChI=1S/C12H19N5OS/c1-3-12-14-11(9-19-12)8-17-7-10(15-16-17)6-13-4-5-18-2/h7,9,13H,3-6,8H2,1-2H3. The molecule has 0 atom stereocenters. The minimum atomic E-state index is 0.682. The second kappa shape index (κ2) is 7.32. The van der Waals surface area contributed by atoms with Crippen LogP contribution in [0, 0.1) is 0 Å². The monoisotopic (exact) mass is 281 g/mol. The maximum absolute atomic E-state index is 4.97. The van der Waals surface area contributed by atoms with Crippen molar-refractivity contribution in [1.29, 1.82) is 0 Å². The van der Waals surface area contributed by atoms with E-state index in [-0.39, 0.29) is 0 Å². The Morgan fingerprint density at radius 1 is 1.42 bits per heavy atom. The van der Waals surface area contributed by atoms with Crippen molar-refractivity contribution in [3.63, 3.8) is 0 Å². The van der Waals surface area contributed by atoms with Crippen LogP contribution < -0.4 is 5.32 Å². The maximum Gasteiger partial charge on any atom is 0.0965 e. The molecule has 0 radical (unpaired) electrons. The molecule has 7 heteroatoms. The van der Waals surface area contributed by atoms with Crippen LogP contribution in [0.15, 0.2) is 11.6 Å². The van der Waals surface area contributed by atoms with E-state index in [1.165, 1.54) is 0 Å². The summed E-state index contributed by atoms with van der Waals surface area (Å²) < 4.78 is 6.79. The van der Waals surface area contributed by atoms with Gasteiger partial charge in [0.05, 0.1) is 35.7 Å². The lowest BCUT2D eigenvalue weighted by Crippen LogP contribution is -2.18. The third kappa shape index (κ3) is 4.38.